The van der Waals surface area contributed by atoms with Crippen LogP contribution in [0, 0.1) is 0 Å². The van der Waals surface area contributed by atoms with Gasteiger partial charge in [0.15, 0.2) is 5.82 Å². The molecule has 1 amide bonds. The molecule has 0 spiro atoms. The van der Waals surface area contributed by atoms with Crippen LogP contribution in [0.3, 0.4) is 0 Å². The maximum atomic E-state index is 12.7. The van der Waals surface area contributed by atoms with Gasteiger partial charge in [-0.2, -0.15) is 10.1 Å². The van der Waals surface area contributed by atoms with Gasteiger partial charge in [0, 0.05) is 31.2 Å². The highest BCUT2D eigenvalue weighted by Gasteiger charge is 2.35. The molecule has 9 heteroatoms. The van der Waals surface area contributed by atoms with E-state index >= 15 is 0 Å². The summed E-state index contributed by atoms with van der Waals surface area (Å²) in [7, 11) is 1.85. The Morgan fingerprint density at radius 2 is 1.97 bits per heavy atom. The number of fused-ring (bicyclic) bond motifs is 1. The minimum Gasteiger partial charge on any atom is -0.320 e. The SMILES string of the molecule is CC[C@H]1C(=O)Nc2cnc(-n3ccnc3-c3ccccc3)nc2N1c1cnn(C)c1. The topological polar surface area (TPSA) is 93.8 Å². The highest BCUT2D eigenvalue weighted by molar-refractivity contribution is 6.04. The second kappa shape index (κ2) is 7.11. The molecule has 4 heterocycles. The number of aromatic nitrogens is 6. The number of hydrogen-bond acceptors (Lipinski definition) is 6. The number of nitrogens with one attached hydrogen (secondary N) is 1. The lowest BCUT2D eigenvalue weighted by molar-refractivity contribution is -0.117. The monoisotopic (exact) mass is 400 g/mol. The van der Waals surface area contributed by atoms with Crippen molar-refractivity contribution in [1.29, 1.82) is 0 Å². The van der Waals surface area contributed by atoms with Crippen LogP contribution in [0.25, 0.3) is 17.3 Å². The summed E-state index contributed by atoms with van der Waals surface area (Å²) in [5.74, 6) is 1.77. The van der Waals surface area contributed by atoms with E-state index in [4.69, 9.17) is 4.98 Å². The third-order valence-corrected chi connectivity index (χ3v) is 5.10. The predicted octanol–water partition coefficient (Wildman–Crippen LogP) is 2.93. The molecular formula is C21H20N8O. The van der Waals surface area contributed by atoms with Crippen molar-refractivity contribution in [3.63, 3.8) is 0 Å². The van der Waals surface area contributed by atoms with Crippen molar-refractivity contribution >= 4 is 23.1 Å². The Morgan fingerprint density at radius 3 is 2.70 bits per heavy atom. The van der Waals surface area contributed by atoms with E-state index in [0.29, 0.717) is 23.9 Å². The molecule has 5 rings (SSSR count). The molecule has 0 saturated heterocycles. The summed E-state index contributed by atoms with van der Waals surface area (Å²) < 4.78 is 3.55. The van der Waals surface area contributed by atoms with Crippen molar-refractivity contribution in [2.75, 3.05) is 10.2 Å². The van der Waals surface area contributed by atoms with Crippen molar-refractivity contribution in [3.05, 3.63) is 61.3 Å². The first kappa shape index (κ1) is 18.0. The molecule has 9 nitrogen and oxygen atoms in total. The van der Waals surface area contributed by atoms with Crippen LogP contribution in [0.5, 0.6) is 0 Å². The molecule has 150 valence electrons. The number of carbonyl (C=O) groups is 1. The maximum Gasteiger partial charge on any atom is 0.247 e. The molecule has 1 aliphatic rings. The number of carbonyl (C=O) groups excluding carboxylic acids is 1. The van der Waals surface area contributed by atoms with Crippen LogP contribution >= 0.6 is 0 Å². The molecule has 1 atom stereocenters. The first-order valence-electron chi connectivity index (χ1n) is 9.70. The summed E-state index contributed by atoms with van der Waals surface area (Å²) in [6.45, 7) is 1.98. The number of benzene rings is 1. The average molecular weight is 400 g/mol. The zero-order valence-electron chi connectivity index (χ0n) is 16.6. The molecule has 0 unspecified atom stereocenters. The molecule has 4 aromatic rings. The van der Waals surface area contributed by atoms with Gasteiger partial charge in [0.2, 0.25) is 11.9 Å². The molecule has 1 aliphatic heterocycles. The van der Waals surface area contributed by atoms with Gasteiger partial charge in [-0.3, -0.25) is 14.0 Å². The van der Waals surface area contributed by atoms with E-state index < -0.39 is 0 Å². The fraction of sp³-hybridized carbons (Fsp3) is 0.190. The molecule has 30 heavy (non-hydrogen) atoms. The standard InChI is InChI=1S/C21H20N8O/c1-3-17-20(30)25-16-12-23-21(26-19(16)29(17)15-11-24-27(2)13-15)28-10-9-22-18(28)14-7-5-4-6-8-14/h4-13,17H,3H2,1-2H3,(H,25,30)/t17-/m0/s1. The Balaban J connectivity index is 1.65. The van der Waals surface area contributed by atoms with Crippen LogP contribution in [0.2, 0.25) is 0 Å². The fourth-order valence-corrected chi connectivity index (χ4v) is 3.70. The van der Waals surface area contributed by atoms with Gasteiger partial charge >= 0.3 is 0 Å². The second-order valence-corrected chi connectivity index (χ2v) is 7.05. The van der Waals surface area contributed by atoms with E-state index in [9.17, 15) is 4.79 Å². The van der Waals surface area contributed by atoms with E-state index in [2.05, 4.69) is 20.4 Å². The Labute approximate surface area is 173 Å². The Hall–Kier alpha value is -4.01. The highest BCUT2D eigenvalue weighted by atomic mass is 16.2. The normalized spacial score (nSPS) is 15.7. The molecule has 1 N–H and O–H groups in total. The van der Waals surface area contributed by atoms with Crippen molar-refractivity contribution in [2.24, 2.45) is 7.05 Å². The molecule has 0 bridgehead atoms. The minimum atomic E-state index is -0.388. The van der Waals surface area contributed by atoms with Gasteiger partial charge in [0.05, 0.1) is 18.1 Å². The van der Waals surface area contributed by atoms with E-state index in [-0.39, 0.29) is 11.9 Å². The lowest BCUT2D eigenvalue weighted by atomic mass is 10.1. The fourth-order valence-electron chi connectivity index (χ4n) is 3.70. The van der Waals surface area contributed by atoms with Crippen LogP contribution in [0.15, 0.2) is 61.3 Å². The molecule has 1 aromatic carbocycles. The summed E-state index contributed by atoms with van der Waals surface area (Å²) in [4.78, 5) is 28.4. The van der Waals surface area contributed by atoms with Crippen LogP contribution in [-0.2, 0) is 11.8 Å². The zero-order chi connectivity index (χ0) is 20.7. The van der Waals surface area contributed by atoms with Gasteiger partial charge in [-0.05, 0) is 6.42 Å². The number of rotatable bonds is 4. The number of imidazole rings is 1. The predicted molar refractivity (Wildman–Crippen MR) is 113 cm³/mol. The summed E-state index contributed by atoms with van der Waals surface area (Å²) in [6, 6.07) is 9.49. The Kier molecular flexibility index (Phi) is 4.27. The van der Waals surface area contributed by atoms with Crippen LogP contribution in [0.1, 0.15) is 13.3 Å². The number of nitrogens with zero attached hydrogens (tertiary/aromatic N) is 7. The van der Waals surface area contributed by atoms with Gasteiger partial charge in [-0.15, -0.1) is 0 Å². The number of hydrogen-bond donors (Lipinski definition) is 1. The van der Waals surface area contributed by atoms with E-state index in [1.165, 1.54) is 0 Å². The van der Waals surface area contributed by atoms with E-state index in [1.54, 1.807) is 23.3 Å². The van der Waals surface area contributed by atoms with Crippen molar-refractivity contribution in [2.45, 2.75) is 19.4 Å². The first-order chi connectivity index (χ1) is 14.7. The quantitative estimate of drug-likeness (QED) is 0.566. The van der Waals surface area contributed by atoms with Gasteiger partial charge in [0.25, 0.3) is 0 Å². The minimum absolute atomic E-state index is 0.0854. The summed E-state index contributed by atoms with van der Waals surface area (Å²) >= 11 is 0. The van der Waals surface area contributed by atoms with Crippen molar-refractivity contribution < 1.29 is 4.79 Å². The van der Waals surface area contributed by atoms with E-state index in [0.717, 1.165) is 17.1 Å². The maximum absolute atomic E-state index is 12.7. The third-order valence-electron chi connectivity index (χ3n) is 5.10. The summed E-state index contributed by atoms with van der Waals surface area (Å²) in [6.07, 6.45) is 9.43. The zero-order valence-corrected chi connectivity index (χ0v) is 16.6. The number of anilines is 3. The number of aryl methyl sites for hydroxylation is 1. The van der Waals surface area contributed by atoms with Gasteiger partial charge in [-0.1, -0.05) is 37.3 Å². The van der Waals surface area contributed by atoms with E-state index in [1.807, 2.05) is 66.2 Å². The van der Waals surface area contributed by atoms with Gasteiger partial charge in [-0.25, -0.2) is 9.97 Å². The first-order valence-corrected chi connectivity index (χ1v) is 9.70. The molecule has 0 radical (unpaired) electrons. The smallest absolute Gasteiger partial charge is 0.247 e. The average Bonchev–Trinajstić information content (AvgIpc) is 3.42. The van der Waals surface area contributed by atoms with Crippen molar-refractivity contribution in [3.8, 4) is 17.3 Å². The van der Waals surface area contributed by atoms with Crippen molar-refractivity contribution in [1.82, 2.24) is 29.3 Å². The molecule has 0 aliphatic carbocycles. The second-order valence-electron chi connectivity index (χ2n) is 7.05. The van der Waals surface area contributed by atoms with Crippen LogP contribution in [0.4, 0.5) is 17.2 Å². The van der Waals surface area contributed by atoms with Crippen LogP contribution < -0.4 is 10.2 Å². The molecule has 0 saturated carbocycles. The highest BCUT2D eigenvalue weighted by Crippen LogP contribution is 2.37. The summed E-state index contributed by atoms with van der Waals surface area (Å²) in [5.41, 5.74) is 2.34. The molecular weight excluding hydrogens is 380 g/mol. The van der Waals surface area contributed by atoms with Gasteiger partial charge < -0.3 is 10.2 Å². The van der Waals surface area contributed by atoms with Crippen LogP contribution in [-0.4, -0.2) is 41.2 Å². The third kappa shape index (κ3) is 2.91. The largest absolute Gasteiger partial charge is 0.320 e. The molecule has 0 fully saturated rings. The molecule has 3 aromatic heterocycles. The lowest BCUT2D eigenvalue weighted by Gasteiger charge is -2.35. The van der Waals surface area contributed by atoms with Gasteiger partial charge in [0.1, 0.15) is 17.6 Å². The summed E-state index contributed by atoms with van der Waals surface area (Å²) in [5, 5.41) is 7.20. The lowest BCUT2D eigenvalue weighted by Crippen LogP contribution is -2.45. The Bertz CT molecular complexity index is 1210. The number of amides is 1. The Morgan fingerprint density at radius 1 is 1.13 bits per heavy atom.